The van der Waals surface area contributed by atoms with Gasteiger partial charge in [-0.1, -0.05) is 6.08 Å². The number of likely N-dealkylation sites (N-methyl/N-ethyl adjacent to an activating group) is 1. The van der Waals surface area contributed by atoms with Crippen LogP contribution in [0.1, 0.15) is 0 Å². The summed E-state index contributed by atoms with van der Waals surface area (Å²) < 4.78 is 0.978. The molecular weight excluding hydrogens is 134 g/mol. The van der Waals surface area contributed by atoms with E-state index in [0.717, 1.165) is 11.0 Å². The number of nitrogens with zero attached hydrogens (tertiary/aromatic N) is 1. The van der Waals surface area contributed by atoms with Crippen LogP contribution in [0.4, 0.5) is 0 Å². The van der Waals surface area contributed by atoms with Crippen molar-refractivity contribution in [3.8, 4) is 0 Å². The molecule has 1 nitrogen and oxygen atoms in total. The van der Waals surface area contributed by atoms with E-state index < -0.39 is 0 Å². The molecule has 0 saturated carbocycles. The minimum absolute atomic E-state index is 0. The minimum atomic E-state index is 0. The fourth-order valence-electron chi connectivity index (χ4n) is 0.391. The van der Waals surface area contributed by atoms with Gasteiger partial charge in [0.1, 0.15) is 0 Å². The van der Waals surface area contributed by atoms with Crippen LogP contribution in [0.5, 0.6) is 0 Å². The second-order valence-corrected chi connectivity index (χ2v) is 2.94. The molecule has 0 spiro atoms. The average molecular weight is 149 g/mol. The molecule has 0 aromatic heterocycles. The van der Waals surface area contributed by atoms with Crippen LogP contribution in [0.2, 0.25) is 0 Å². The van der Waals surface area contributed by atoms with Crippen LogP contribution < -0.4 is 12.4 Å². The topological polar surface area (TPSA) is 0 Å². The molecule has 0 bridgehead atoms. The molecule has 0 aliphatic carbocycles. The molecule has 0 heterocycles. The third kappa shape index (κ3) is 11.5. The van der Waals surface area contributed by atoms with Crippen molar-refractivity contribution in [2.75, 3.05) is 27.7 Å². The van der Waals surface area contributed by atoms with E-state index in [2.05, 4.69) is 34.1 Å². The van der Waals surface area contributed by atoms with Crippen molar-refractivity contribution >= 4 is 0 Å². The maximum absolute atomic E-state index is 3.60. The molecule has 0 saturated heterocycles. The Bertz CT molecular complexity index is 81.4. The number of quaternary nitrogens is 1. The Morgan fingerprint density at radius 1 is 1.33 bits per heavy atom. The molecule has 0 aromatic carbocycles. The van der Waals surface area contributed by atoms with Crippen molar-refractivity contribution in [2.45, 2.75) is 0 Å². The normalized spacial score (nSPS) is 11.6. The molecule has 0 aromatic rings. The van der Waals surface area contributed by atoms with Crippen LogP contribution in [0, 0.1) is 6.92 Å². The van der Waals surface area contributed by atoms with E-state index in [1.807, 2.05) is 6.08 Å². The smallest absolute Gasteiger partial charge is 0.0967 e. The lowest BCUT2D eigenvalue weighted by Gasteiger charge is -2.21. The summed E-state index contributed by atoms with van der Waals surface area (Å²) >= 11 is 0. The van der Waals surface area contributed by atoms with Crippen LogP contribution in [-0.4, -0.2) is 32.2 Å². The highest BCUT2D eigenvalue weighted by atomic mass is 35.5. The van der Waals surface area contributed by atoms with Crippen molar-refractivity contribution < 1.29 is 16.9 Å². The van der Waals surface area contributed by atoms with Crippen LogP contribution in [-0.2, 0) is 0 Å². The van der Waals surface area contributed by atoms with Crippen LogP contribution >= 0.6 is 0 Å². The van der Waals surface area contributed by atoms with Crippen LogP contribution in [0.15, 0.2) is 12.2 Å². The number of hydrogen-bond acceptors (Lipinski definition) is 0. The SMILES string of the molecule is [CH2]C=CC[N+](C)(C)C.[Cl-]. The zero-order valence-electron chi connectivity index (χ0n) is 6.39. The van der Waals surface area contributed by atoms with E-state index in [9.17, 15) is 0 Å². The average Bonchev–Trinajstić information content (AvgIpc) is 1.59. The molecule has 0 aliphatic heterocycles. The third-order valence-corrected chi connectivity index (χ3v) is 0.820. The van der Waals surface area contributed by atoms with Gasteiger partial charge in [-0.05, 0) is 13.0 Å². The molecule has 0 aliphatic rings. The Hall–Kier alpha value is -0.0100. The van der Waals surface area contributed by atoms with E-state index in [1.54, 1.807) is 0 Å². The second kappa shape index (κ2) is 4.83. The van der Waals surface area contributed by atoms with Crippen molar-refractivity contribution in [3.63, 3.8) is 0 Å². The van der Waals surface area contributed by atoms with Gasteiger partial charge in [0.15, 0.2) is 0 Å². The van der Waals surface area contributed by atoms with Gasteiger partial charge in [0.05, 0.1) is 27.7 Å². The molecule has 55 valence electrons. The predicted octanol–water partition coefficient (Wildman–Crippen LogP) is -1.91. The molecule has 1 radical (unpaired) electrons. The summed E-state index contributed by atoms with van der Waals surface area (Å²) in [6.45, 7) is 4.66. The summed E-state index contributed by atoms with van der Waals surface area (Å²) in [4.78, 5) is 0. The maximum Gasteiger partial charge on any atom is 0.0967 e. The van der Waals surface area contributed by atoms with E-state index in [0.29, 0.717) is 0 Å². The summed E-state index contributed by atoms with van der Waals surface area (Å²) in [5.41, 5.74) is 0. The van der Waals surface area contributed by atoms with Gasteiger partial charge in [0.25, 0.3) is 0 Å². The second-order valence-electron chi connectivity index (χ2n) is 2.94. The Balaban J connectivity index is 0. The first-order valence-electron chi connectivity index (χ1n) is 2.81. The number of halogens is 1. The highest BCUT2D eigenvalue weighted by Gasteiger charge is 2.00. The molecule has 2 heteroatoms. The summed E-state index contributed by atoms with van der Waals surface area (Å²) in [5.74, 6) is 0. The Labute approximate surface area is 64.4 Å². The van der Waals surface area contributed by atoms with Crippen molar-refractivity contribution in [1.29, 1.82) is 0 Å². The lowest BCUT2D eigenvalue weighted by molar-refractivity contribution is -0.864. The monoisotopic (exact) mass is 148 g/mol. The predicted molar refractivity (Wildman–Crippen MR) is 37.4 cm³/mol. The zero-order valence-corrected chi connectivity index (χ0v) is 7.15. The molecule has 0 N–H and O–H groups in total. The van der Waals surface area contributed by atoms with E-state index in [-0.39, 0.29) is 12.4 Å². The van der Waals surface area contributed by atoms with Gasteiger partial charge in [-0.3, -0.25) is 0 Å². The molecular formula is C7H15ClN. The van der Waals surface area contributed by atoms with Gasteiger partial charge in [-0.15, -0.1) is 0 Å². The number of hydrogen-bond donors (Lipinski definition) is 0. The molecule has 0 unspecified atom stereocenters. The zero-order chi connectivity index (χ0) is 6.62. The summed E-state index contributed by atoms with van der Waals surface area (Å²) in [5, 5.41) is 0. The highest BCUT2D eigenvalue weighted by Crippen LogP contribution is 1.88. The fraction of sp³-hybridized carbons (Fsp3) is 0.571. The first-order chi connectivity index (χ1) is 3.56. The van der Waals surface area contributed by atoms with Gasteiger partial charge in [0, 0.05) is 0 Å². The van der Waals surface area contributed by atoms with E-state index in [1.165, 1.54) is 0 Å². The first kappa shape index (κ1) is 11.7. The van der Waals surface area contributed by atoms with Crippen molar-refractivity contribution in [2.24, 2.45) is 0 Å². The Kier molecular flexibility index (Phi) is 6.30. The standard InChI is InChI=1S/C7H15N.ClH/c1-5-6-7-8(2,3)4;/h5-6H,1,7H2,2-4H3;1H/q+1;/p-1. The van der Waals surface area contributed by atoms with Crippen LogP contribution in [0.25, 0.3) is 0 Å². The molecule has 9 heavy (non-hydrogen) atoms. The number of rotatable bonds is 2. The highest BCUT2D eigenvalue weighted by molar-refractivity contribution is 4.83. The van der Waals surface area contributed by atoms with Crippen LogP contribution in [0.3, 0.4) is 0 Å². The van der Waals surface area contributed by atoms with Gasteiger partial charge in [-0.25, -0.2) is 0 Å². The Morgan fingerprint density at radius 3 is 1.89 bits per heavy atom. The number of allylic oxidation sites excluding steroid dienone is 1. The lowest BCUT2D eigenvalue weighted by atomic mass is 10.4. The van der Waals surface area contributed by atoms with E-state index in [4.69, 9.17) is 0 Å². The van der Waals surface area contributed by atoms with Gasteiger partial charge in [0.2, 0.25) is 0 Å². The fourth-order valence-corrected chi connectivity index (χ4v) is 0.391. The largest absolute Gasteiger partial charge is 1.00 e. The Morgan fingerprint density at radius 2 is 1.78 bits per heavy atom. The summed E-state index contributed by atoms with van der Waals surface area (Å²) in [7, 11) is 6.46. The first-order valence-corrected chi connectivity index (χ1v) is 2.81. The molecule has 0 fully saturated rings. The van der Waals surface area contributed by atoms with Gasteiger partial charge in [-0.2, -0.15) is 0 Å². The maximum atomic E-state index is 3.60. The van der Waals surface area contributed by atoms with Gasteiger partial charge < -0.3 is 16.9 Å². The lowest BCUT2D eigenvalue weighted by Crippen LogP contribution is -3.00. The summed E-state index contributed by atoms with van der Waals surface area (Å²) in [6, 6.07) is 0. The molecule has 0 amide bonds. The minimum Gasteiger partial charge on any atom is -1.00 e. The quantitative estimate of drug-likeness (QED) is 0.401. The van der Waals surface area contributed by atoms with Gasteiger partial charge >= 0.3 is 0 Å². The van der Waals surface area contributed by atoms with Crippen molar-refractivity contribution in [3.05, 3.63) is 19.1 Å². The molecule has 0 rings (SSSR count). The summed E-state index contributed by atoms with van der Waals surface area (Å²) in [6.07, 6.45) is 3.91. The molecule has 0 atom stereocenters. The third-order valence-electron chi connectivity index (χ3n) is 0.820. The van der Waals surface area contributed by atoms with Crippen molar-refractivity contribution in [1.82, 2.24) is 0 Å². The van der Waals surface area contributed by atoms with E-state index >= 15 is 0 Å².